The lowest BCUT2D eigenvalue weighted by Crippen LogP contribution is -2.28. The first-order valence-electron chi connectivity index (χ1n) is 19.0. The van der Waals surface area contributed by atoms with Gasteiger partial charge in [0, 0.05) is 39.8 Å². The van der Waals surface area contributed by atoms with Crippen LogP contribution in [0.15, 0.2) is 188 Å². The predicted octanol–water partition coefficient (Wildman–Crippen LogP) is 13.4. The Kier molecular flexibility index (Phi) is 7.47. The van der Waals surface area contributed by atoms with Gasteiger partial charge in [-0.25, -0.2) is 0 Å². The number of hydrogen-bond acceptors (Lipinski definition) is 2. The van der Waals surface area contributed by atoms with Crippen molar-refractivity contribution in [3.63, 3.8) is 0 Å². The molecule has 0 saturated carbocycles. The van der Waals surface area contributed by atoms with Crippen LogP contribution in [0.5, 0.6) is 0 Å². The molecule has 2 atom stereocenters. The highest BCUT2D eigenvalue weighted by Gasteiger charge is 2.38. The minimum absolute atomic E-state index is 0.0462. The number of rotatable bonds is 6. The molecule has 0 amide bonds. The molecule has 0 N–H and O–H groups in total. The van der Waals surface area contributed by atoms with Crippen molar-refractivity contribution >= 4 is 22.7 Å². The van der Waals surface area contributed by atoms with Crippen molar-refractivity contribution in [3.05, 3.63) is 204 Å². The number of nitrogens with zero attached hydrogens (tertiary/aromatic N) is 2. The van der Waals surface area contributed by atoms with E-state index in [1.807, 2.05) is 0 Å². The summed E-state index contributed by atoms with van der Waals surface area (Å²) in [4.78, 5) is 4.99. The van der Waals surface area contributed by atoms with Gasteiger partial charge in [0.05, 0.1) is 6.04 Å². The Hall–Kier alpha value is -6.12. The van der Waals surface area contributed by atoms with E-state index in [2.05, 4.69) is 206 Å². The predicted molar refractivity (Wildman–Crippen MR) is 223 cm³/mol. The Morgan fingerprint density at radius 1 is 0.585 bits per heavy atom. The van der Waals surface area contributed by atoms with E-state index in [9.17, 15) is 0 Å². The molecule has 2 unspecified atom stereocenters. The molecule has 2 nitrogen and oxygen atoms in total. The second-order valence-corrected chi connectivity index (χ2v) is 15.3. The smallest absolute Gasteiger partial charge is 0.0629 e. The first-order valence-corrected chi connectivity index (χ1v) is 19.0. The quantitative estimate of drug-likeness (QED) is 0.173. The third-order valence-corrected chi connectivity index (χ3v) is 11.9. The second-order valence-electron chi connectivity index (χ2n) is 15.3. The average Bonchev–Trinajstić information content (AvgIpc) is 3.67. The summed E-state index contributed by atoms with van der Waals surface area (Å²) in [6, 6.07) is 52.2. The Bertz CT molecular complexity index is 2480. The molecule has 256 valence electrons. The van der Waals surface area contributed by atoms with Crippen molar-refractivity contribution in [3.8, 4) is 33.4 Å². The monoisotopic (exact) mass is 682 g/mol. The highest BCUT2D eigenvalue weighted by Crippen LogP contribution is 2.51. The summed E-state index contributed by atoms with van der Waals surface area (Å²) in [5, 5.41) is 0. The van der Waals surface area contributed by atoms with E-state index in [-0.39, 0.29) is 11.5 Å². The minimum atomic E-state index is -0.0462. The SMILES string of the molecule is CC1(C)c2ccccc2-c2ccc(N(C3=CC=CCC3)c3ccc(-c4ccc5c(c4)C4C=CC=CC4N5c4ccc(-c5ccccc5)cc4)cc3)cc21. The molecule has 1 heterocycles. The van der Waals surface area contributed by atoms with E-state index >= 15 is 0 Å². The van der Waals surface area contributed by atoms with Gasteiger partial charge in [0.15, 0.2) is 0 Å². The van der Waals surface area contributed by atoms with Crippen LogP contribution in [-0.4, -0.2) is 6.04 Å². The van der Waals surface area contributed by atoms with Gasteiger partial charge in [0.1, 0.15) is 0 Å². The molecule has 53 heavy (non-hydrogen) atoms. The molecule has 1 aliphatic heterocycles. The molecule has 6 aromatic carbocycles. The summed E-state index contributed by atoms with van der Waals surface area (Å²) in [5.74, 6) is 0.306. The van der Waals surface area contributed by atoms with Crippen molar-refractivity contribution in [1.29, 1.82) is 0 Å². The molecular weight excluding hydrogens is 641 g/mol. The van der Waals surface area contributed by atoms with E-state index in [4.69, 9.17) is 0 Å². The zero-order valence-corrected chi connectivity index (χ0v) is 30.3. The van der Waals surface area contributed by atoms with Crippen LogP contribution in [0.4, 0.5) is 22.7 Å². The number of allylic oxidation sites excluding steroid dienone is 6. The molecule has 2 heteroatoms. The molecule has 0 bridgehead atoms. The summed E-state index contributed by atoms with van der Waals surface area (Å²) in [7, 11) is 0. The fourth-order valence-corrected chi connectivity index (χ4v) is 9.16. The lowest BCUT2D eigenvalue weighted by atomic mass is 9.82. The lowest BCUT2D eigenvalue weighted by molar-refractivity contribution is 0.660. The standard InChI is InChI=1S/C51H42N2/c1-51(2)47-19-11-9-17-43(47)44-31-30-42(34-48(44)51)52(39-15-7-4-8-16-39)40-26-23-37(24-27-40)38-25-32-50-46(33-38)45-18-10-12-20-49(45)53(50)41-28-21-36(22-29-41)35-13-5-3-6-14-35/h3-7,9-15,17-34,45,49H,8,16H2,1-2H3. The fraction of sp³-hybridized carbons (Fsp3) is 0.137. The van der Waals surface area contributed by atoms with Gasteiger partial charge >= 0.3 is 0 Å². The Morgan fingerprint density at radius 3 is 2.08 bits per heavy atom. The van der Waals surface area contributed by atoms with Crippen LogP contribution < -0.4 is 9.80 Å². The highest BCUT2D eigenvalue weighted by molar-refractivity contribution is 5.85. The average molecular weight is 683 g/mol. The summed E-state index contributed by atoms with van der Waals surface area (Å²) in [6.07, 6.45) is 18.0. The summed E-state index contributed by atoms with van der Waals surface area (Å²) in [6.45, 7) is 4.73. The maximum absolute atomic E-state index is 2.52. The zero-order valence-electron chi connectivity index (χ0n) is 30.3. The molecule has 0 radical (unpaired) electrons. The topological polar surface area (TPSA) is 6.48 Å². The molecule has 0 aromatic heterocycles. The van der Waals surface area contributed by atoms with Gasteiger partial charge in [-0.3, -0.25) is 0 Å². The number of hydrogen-bond donors (Lipinski definition) is 0. The van der Waals surface area contributed by atoms with Crippen LogP contribution in [0, 0.1) is 0 Å². The summed E-state index contributed by atoms with van der Waals surface area (Å²) < 4.78 is 0. The maximum atomic E-state index is 2.52. The fourth-order valence-electron chi connectivity index (χ4n) is 9.16. The molecule has 6 aromatic rings. The van der Waals surface area contributed by atoms with Crippen LogP contribution in [-0.2, 0) is 5.41 Å². The van der Waals surface area contributed by atoms with Gasteiger partial charge in [-0.05, 0) is 118 Å². The Labute approximate surface area is 313 Å². The van der Waals surface area contributed by atoms with Gasteiger partial charge in [0.2, 0.25) is 0 Å². The molecule has 0 fully saturated rings. The third-order valence-electron chi connectivity index (χ3n) is 11.9. The normalized spacial score (nSPS) is 18.6. The summed E-state index contributed by atoms with van der Waals surface area (Å²) >= 11 is 0. The second kappa shape index (κ2) is 12.5. The number of anilines is 4. The number of fused-ring (bicyclic) bond motifs is 6. The molecule has 0 saturated heterocycles. The molecule has 3 aliphatic carbocycles. The Balaban J connectivity index is 0.986. The molecule has 10 rings (SSSR count). The van der Waals surface area contributed by atoms with Crippen molar-refractivity contribution in [1.82, 2.24) is 0 Å². The molecule has 0 spiro atoms. The largest absolute Gasteiger partial charge is 0.333 e. The van der Waals surface area contributed by atoms with E-state index in [1.54, 1.807) is 0 Å². The van der Waals surface area contributed by atoms with Gasteiger partial charge in [-0.1, -0.05) is 141 Å². The van der Waals surface area contributed by atoms with Crippen LogP contribution in [0.1, 0.15) is 49.3 Å². The van der Waals surface area contributed by atoms with Crippen molar-refractivity contribution < 1.29 is 0 Å². The van der Waals surface area contributed by atoms with Crippen molar-refractivity contribution in [2.45, 2.75) is 44.1 Å². The van der Waals surface area contributed by atoms with Gasteiger partial charge < -0.3 is 9.80 Å². The minimum Gasteiger partial charge on any atom is -0.333 e. The van der Waals surface area contributed by atoms with Crippen molar-refractivity contribution in [2.24, 2.45) is 0 Å². The Morgan fingerprint density at radius 2 is 1.26 bits per heavy atom. The molecular formula is C51H42N2. The zero-order chi connectivity index (χ0) is 35.5. The summed E-state index contributed by atoms with van der Waals surface area (Å²) in [5.41, 5.74) is 18.1. The first kappa shape index (κ1) is 31.6. The lowest BCUT2D eigenvalue weighted by Gasteiger charge is -2.30. The number of benzene rings is 6. The van der Waals surface area contributed by atoms with Gasteiger partial charge in [0.25, 0.3) is 0 Å². The van der Waals surface area contributed by atoms with E-state index in [0.29, 0.717) is 5.92 Å². The first-order chi connectivity index (χ1) is 26.0. The van der Waals surface area contributed by atoms with E-state index in [0.717, 1.165) is 12.8 Å². The highest BCUT2D eigenvalue weighted by atomic mass is 15.2. The van der Waals surface area contributed by atoms with Crippen LogP contribution in [0.2, 0.25) is 0 Å². The van der Waals surface area contributed by atoms with Gasteiger partial charge in [-0.2, -0.15) is 0 Å². The maximum Gasteiger partial charge on any atom is 0.0629 e. The van der Waals surface area contributed by atoms with Crippen LogP contribution in [0.3, 0.4) is 0 Å². The van der Waals surface area contributed by atoms with Gasteiger partial charge in [-0.15, -0.1) is 0 Å². The molecule has 4 aliphatic rings. The van der Waals surface area contributed by atoms with E-state index < -0.39 is 0 Å². The van der Waals surface area contributed by atoms with Crippen molar-refractivity contribution in [2.75, 3.05) is 9.80 Å². The van der Waals surface area contributed by atoms with E-state index in [1.165, 1.54) is 78.5 Å². The van der Waals surface area contributed by atoms with Crippen LogP contribution >= 0.6 is 0 Å². The van der Waals surface area contributed by atoms with Crippen LogP contribution in [0.25, 0.3) is 33.4 Å². The third kappa shape index (κ3) is 5.24.